The number of rotatable bonds is 7. The lowest BCUT2D eigenvalue weighted by Gasteiger charge is -2.29. The highest BCUT2D eigenvalue weighted by atomic mass is 15.1. The number of benzene rings is 11. The summed E-state index contributed by atoms with van der Waals surface area (Å²) in [7, 11) is 0. The normalized spacial score (nSPS) is 11.6. The fraction of sp³-hybridized carbons (Fsp3) is 0.0323. The van der Waals surface area contributed by atoms with Gasteiger partial charge >= 0.3 is 0 Å². The Hall–Kier alpha value is -8.20. The zero-order valence-electron chi connectivity index (χ0n) is 35.8. The number of nitrogens with zero attached hydrogens (tertiary/aromatic N) is 2. The van der Waals surface area contributed by atoms with Crippen molar-refractivity contribution >= 4 is 71.2 Å². The van der Waals surface area contributed by atoms with E-state index in [0.717, 1.165) is 17.1 Å². The molecule has 0 amide bonds. The van der Waals surface area contributed by atoms with E-state index in [4.69, 9.17) is 0 Å². The van der Waals surface area contributed by atoms with Crippen LogP contribution in [-0.4, -0.2) is 4.57 Å². The van der Waals surface area contributed by atoms with Crippen molar-refractivity contribution in [2.75, 3.05) is 4.90 Å². The van der Waals surface area contributed by atoms with Gasteiger partial charge in [-0.2, -0.15) is 0 Å². The van der Waals surface area contributed by atoms with Crippen molar-refractivity contribution in [1.29, 1.82) is 0 Å². The van der Waals surface area contributed by atoms with E-state index >= 15 is 0 Å². The first-order valence-corrected chi connectivity index (χ1v) is 22.2. The average Bonchev–Trinajstić information content (AvgIpc) is 3.69. The maximum Gasteiger partial charge on any atom is 0.0541 e. The number of aryl methyl sites for hydroxylation is 2. The molecule has 0 unspecified atom stereocenters. The van der Waals surface area contributed by atoms with Gasteiger partial charge in [0.1, 0.15) is 0 Å². The molecule has 0 aliphatic carbocycles. The van der Waals surface area contributed by atoms with Crippen LogP contribution in [0.5, 0.6) is 0 Å². The van der Waals surface area contributed by atoms with Crippen molar-refractivity contribution in [2.24, 2.45) is 0 Å². The molecule has 12 rings (SSSR count). The Morgan fingerprint density at radius 1 is 0.312 bits per heavy atom. The standard InChI is InChI=1S/C62H44N2/c1-41-36-50(47-17-13-18-53(39-47)64-60-24-11-9-22-57(60)58-23-10-12-25-61(58)64)37-42(2)62(41)63(51-32-28-44(29-33-51)48-27-26-43-14-3-4-15-46(43)38-48)52-34-30-45(31-35-52)59-40-49-16-5-6-19-54(49)55-20-7-8-21-56(55)59/h3-40H,1-2H3. The molecule has 0 bridgehead atoms. The third kappa shape index (κ3) is 6.34. The predicted molar refractivity (Wildman–Crippen MR) is 274 cm³/mol. The van der Waals surface area contributed by atoms with Crippen LogP contribution in [0, 0.1) is 13.8 Å². The molecular formula is C62H44N2. The predicted octanol–water partition coefficient (Wildman–Crippen LogP) is 17.3. The third-order valence-corrected chi connectivity index (χ3v) is 13.1. The minimum absolute atomic E-state index is 1.11. The first-order valence-electron chi connectivity index (χ1n) is 22.2. The highest BCUT2D eigenvalue weighted by molar-refractivity contribution is 6.14. The van der Waals surface area contributed by atoms with E-state index < -0.39 is 0 Å². The Bertz CT molecular complexity index is 3660. The minimum atomic E-state index is 1.11. The SMILES string of the molecule is Cc1cc(-c2cccc(-n3c4ccccc4c4ccccc43)c2)cc(C)c1N(c1ccc(-c2ccc3ccccc3c2)cc1)c1ccc(-c2cc3ccccc3c3ccccc23)cc1. The van der Waals surface area contributed by atoms with Gasteiger partial charge in [0.15, 0.2) is 0 Å². The summed E-state index contributed by atoms with van der Waals surface area (Å²) in [6.07, 6.45) is 0. The zero-order chi connectivity index (χ0) is 42.7. The van der Waals surface area contributed by atoms with Crippen molar-refractivity contribution in [2.45, 2.75) is 13.8 Å². The van der Waals surface area contributed by atoms with Gasteiger partial charge in [0.25, 0.3) is 0 Å². The molecule has 2 heteroatoms. The van der Waals surface area contributed by atoms with Gasteiger partial charge in [-0.25, -0.2) is 0 Å². The van der Waals surface area contributed by atoms with E-state index in [2.05, 4.69) is 254 Å². The number of aromatic nitrogens is 1. The van der Waals surface area contributed by atoms with Crippen molar-refractivity contribution in [1.82, 2.24) is 4.57 Å². The maximum atomic E-state index is 2.44. The second-order valence-corrected chi connectivity index (χ2v) is 17.1. The molecule has 1 heterocycles. The summed E-state index contributed by atoms with van der Waals surface area (Å²) < 4.78 is 2.40. The van der Waals surface area contributed by atoms with E-state index in [-0.39, 0.29) is 0 Å². The van der Waals surface area contributed by atoms with Crippen LogP contribution in [0.2, 0.25) is 0 Å². The zero-order valence-corrected chi connectivity index (χ0v) is 35.8. The van der Waals surface area contributed by atoms with Gasteiger partial charge in [0, 0.05) is 27.8 Å². The second-order valence-electron chi connectivity index (χ2n) is 17.1. The molecule has 0 radical (unpaired) electrons. The van der Waals surface area contributed by atoms with Crippen molar-refractivity contribution in [3.63, 3.8) is 0 Å². The first-order chi connectivity index (χ1) is 31.6. The van der Waals surface area contributed by atoms with Crippen LogP contribution < -0.4 is 4.90 Å². The molecule has 0 N–H and O–H groups in total. The molecule has 0 fully saturated rings. The maximum absolute atomic E-state index is 2.44. The average molecular weight is 817 g/mol. The fourth-order valence-electron chi connectivity index (χ4n) is 10.2. The summed E-state index contributed by atoms with van der Waals surface area (Å²) in [5.41, 5.74) is 16.6. The van der Waals surface area contributed by atoms with Crippen LogP contribution in [-0.2, 0) is 0 Å². The Kier molecular flexibility index (Phi) is 8.98. The lowest BCUT2D eigenvalue weighted by Crippen LogP contribution is -2.13. The molecule has 0 aliphatic heterocycles. The highest BCUT2D eigenvalue weighted by Crippen LogP contribution is 2.43. The summed E-state index contributed by atoms with van der Waals surface area (Å²) in [6, 6.07) is 84.6. The summed E-state index contributed by atoms with van der Waals surface area (Å²) >= 11 is 0. The Balaban J connectivity index is 0.968. The van der Waals surface area contributed by atoms with Crippen molar-refractivity contribution in [3.05, 3.63) is 242 Å². The van der Waals surface area contributed by atoms with Gasteiger partial charge < -0.3 is 9.47 Å². The lowest BCUT2D eigenvalue weighted by molar-refractivity contribution is 1.18. The van der Waals surface area contributed by atoms with Gasteiger partial charge in [-0.3, -0.25) is 0 Å². The first kappa shape index (κ1) is 37.6. The van der Waals surface area contributed by atoms with E-state index in [0.29, 0.717) is 0 Å². The molecule has 0 spiro atoms. The molecule has 12 aromatic rings. The summed E-state index contributed by atoms with van der Waals surface area (Å²) in [4.78, 5) is 2.44. The van der Waals surface area contributed by atoms with Gasteiger partial charge in [-0.05, 0) is 163 Å². The Labute approximate surface area is 373 Å². The second kappa shape index (κ2) is 15.3. The van der Waals surface area contributed by atoms with Crippen LogP contribution in [0.1, 0.15) is 11.1 Å². The minimum Gasteiger partial charge on any atom is -0.310 e. The molecule has 302 valence electrons. The van der Waals surface area contributed by atoms with Crippen LogP contribution in [0.25, 0.3) is 93.2 Å². The Morgan fingerprint density at radius 2 is 0.828 bits per heavy atom. The number of anilines is 3. The number of hydrogen-bond donors (Lipinski definition) is 0. The molecule has 0 aliphatic rings. The molecule has 0 atom stereocenters. The summed E-state index contributed by atoms with van der Waals surface area (Å²) in [5, 5.41) is 10.1. The van der Waals surface area contributed by atoms with E-state index in [1.165, 1.54) is 104 Å². The van der Waals surface area contributed by atoms with Crippen LogP contribution in [0.15, 0.2) is 231 Å². The van der Waals surface area contributed by atoms with Crippen molar-refractivity contribution < 1.29 is 0 Å². The Morgan fingerprint density at radius 3 is 1.50 bits per heavy atom. The molecule has 0 saturated carbocycles. The fourth-order valence-corrected chi connectivity index (χ4v) is 10.2. The van der Waals surface area contributed by atoms with E-state index in [1.54, 1.807) is 0 Å². The monoisotopic (exact) mass is 816 g/mol. The van der Waals surface area contributed by atoms with E-state index in [9.17, 15) is 0 Å². The van der Waals surface area contributed by atoms with Gasteiger partial charge in [0.05, 0.1) is 16.7 Å². The summed E-state index contributed by atoms with van der Waals surface area (Å²) in [5.74, 6) is 0. The molecular weight excluding hydrogens is 773 g/mol. The van der Waals surface area contributed by atoms with Crippen molar-refractivity contribution in [3.8, 4) is 39.1 Å². The molecule has 2 nitrogen and oxygen atoms in total. The number of hydrogen-bond acceptors (Lipinski definition) is 1. The molecule has 1 aromatic heterocycles. The quantitative estimate of drug-likeness (QED) is 0.146. The van der Waals surface area contributed by atoms with Crippen LogP contribution in [0.4, 0.5) is 17.1 Å². The molecule has 64 heavy (non-hydrogen) atoms. The van der Waals surface area contributed by atoms with Gasteiger partial charge in [-0.15, -0.1) is 0 Å². The van der Waals surface area contributed by atoms with E-state index in [1.807, 2.05) is 0 Å². The third-order valence-electron chi connectivity index (χ3n) is 13.1. The van der Waals surface area contributed by atoms with Gasteiger partial charge in [-0.1, -0.05) is 158 Å². The number of para-hydroxylation sites is 2. The highest BCUT2D eigenvalue weighted by Gasteiger charge is 2.20. The summed E-state index contributed by atoms with van der Waals surface area (Å²) in [6.45, 7) is 4.52. The van der Waals surface area contributed by atoms with Crippen LogP contribution >= 0.6 is 0 Å². The van der Waals surface area contributed by atoms with Gasteiger partial charge in [0.2, 0.25) is 0 Å². The largest absolute Gasteiger partial charge is 0.310 e. The molecule has 0 saturated heterocycles. The smallest absolute Gasteiger partial charge is 0.0541 e. The molecule has 11 aromatic carbocycles. The lowest BCUT2D eigenvalue weighted by atomic mass is 9.93. The van der Waals surface area contributed by atoms with Crippen LogP contribution in [0.3, 0.4) is 0 Å². The topological polar surface area (TPSA) is 8.17 Å². The number of fused-ring (bicyclic) bond motifs is 7.